The van der Waals surface area contributed by atoms with Gasteiger partial charge in [-0.15, -0.1) is 11.3 Å². The van der Waals surface area contributed by atoms with Crippen molar-refractivity contribution in [1.29, 1.82) is 0 Å². The van der Waals surface area contributed by atoms with E-state index in [0.29, 0.717) is 15.0 Å². The van der Waals surface area contributed by atoms with Gasteiger partial charge in [0.15, 0.2) is 6.10 Å². The molecular weight excluding hydrogens is 306 g/mol. The number of ether oxygens (including phenoxy) is 1. The summed E-state index contributed by atoms with van der Waals surface area (Å²) in [5.74, 6) is 0.524. The molecule has 0 saturated carbocycles. The summed E-state index contributed by atoms with van der Waals surface area (Å²) in [6, 6.07) is 12.9. The zero-order valence-corrected chi connectivity index (χ0v) is 12.8. The summed E-state index contributed by atoms with van der Waals surface area (Å²) >= 11 is 7.12. The molecule has 0 amide bonds. The highest BCUT2D eigenvalue weighted by molar-refractivity contribution is 7.18. The molecule has 5 heteroatoms. The van der Waals surface area contributed by atoms with Crippen molar-refractivity contribution in [1.82, 2.24) is 4.98 Å². The lowest BCUT2D eigenvalue weighted by Crippen LogP contribution is -2.23. The summed E-state index contributed by atoms with van der Waals surface area (Å²) < 4.78 is 6.40. The number of para-hydroxylation sites is 1. The Morgan fingerprint density at radius 2 is 2.05 bits per heavy atom. The van der Waals surface area contributed by atoms with Gasteiger partial charge in [-0.3, -0.25) is 9.78 Å². The average molecular weight is 318 g/mol. The number of fused-ring (bicyclic) bond motifs is 1. The summed E-state index contributed by atoms with van der Waals surface area (Å²) in [7, 11) is 0. The Hall–Kier alpha value is -1.91. The number of nitrogens with zero attached hydrogens (tertiary/aromatic N) is 1. The number of carbonyl (C=O) groups excluding carboxylic acids is 1. The zero-order valence-electron chi connectivity index (χ0n) is 11.2. The zero-order chi connectivity index (χ0) is 14.8. The fraction of sp³-hybridized carbons (Fsp3) is 0.125. The number of hydrogen-bond acceptors (Lipinski definition) is 4. The van der Waals surface area contributed by atoms with Gasteiger partial charge in [-0.05, 0) is 31.2 Å². The number of hydrogen-bond donors (Lipinski definition) is 0. The number of thiophene rings is 1. The number of Topliss-reactive ketones (excluding diaryl/α,β-unsaturated/α-hetero) is 1. The number of benzene rings is 1. The van der Waals surface area contributed by atoms with Crippen LogP contribution >= 0.6 is 22.9 Å². The predicted octanol–water partition coefficient (Wildman–Crippen LogP) is 4.60. The normalized spacial score (nSPS) is 12.3. The van der Waals surface area contributed by atoms with E-state index in [-0.39, 0.29) is 5.78 Å². The van der Waals surface area contributed by atoms with Crippen LogP contribution in [0.15, 0.2) is 48.7 Å². The van der Waals surface area contributed by atoms with Crippen LogP contribution in [0.2, 0.25) is 4.34 Å². The molecule has 1 unspecified atom stereocenters. The Balaban J connectivity index is 1.86. The van der Waals surface area contributed by atoms with Crippen LogP contribution in [-0.2, 0) is 0 Å². The summed E-state index contributed by atoms with van der Waals surface area (Å²) in [4.78, 5) is 17.2. The Labute approximate surface area is 131 Å². The Morgan fingerprint density at radius 3 is 2.81 bits per heavy atom. The van der Waals surface area contributed by atoms with E-state index in [1.807, 2.05) is 30.3 Å². The molecule has 0 fully saturated rings. The molecule has 2 aromatic heterocycles. The van der Waals surface area contributed by atoms with Gasteiger partial charge in [-0.25, -0.2) is 0 Å². The number of pyridine rings is 1. The summed E-state index contributed by atoms with van der Waals surface area (Å²) in [6.45, 7) is 1.73. The summed E-state index contributed by atoms with van der Waals surface area (Å²) in [5.41, 5.74) is 0.754. The topological polar surface area (TPSA) is 39.2 Å². The molecule has 0 aliphatic heterocycles. The molecule has 0 spiro atoms. The Bertz CT molecular complexity index is 794. The van der Waals surface area contributed by atoms with Crippen LogP contribution in [0.4, 0.5) is 0 Å². The van der Waals surface area contributed by atoms with E-state index in [1.165, 1.54) is 11.3 Å². The molecule has 3 nitrogen and oxygen atoms in total. The molecule has 0 bridgehead atoms. The van der Waals surface area contributed by atoms with E-state index < -0.39 is 6.10 Å². The molecular formula is C16H12ClNO2S. The number of aromatic nitrogens is 1. The molecule has 3 aromatic rings. The SMILES string of the molecule is CC(Oc1cccc2cccnc12)C(=O)c1ccc(Cl)s1. The molecule has 21 heavy (non-hydrogen) atoms. The van der Waals surface area contributed by atoms with Gasteiger partial charge in [0, 0.05) is 11.6 Å². The first-order chi connectivity index (χ1) is 10.1. The average Bonchev–Trinajstić information content (AvgIpc) is 2.93. The van der Waals surface area contributed by atoms with E-state index in [0.717, 1.165) is 10.9 Å². The minimum absolute atomic E-state index is 0.0835. The van der Waals surface area contributed by atoms with E-state index >= 15 is 0 Å². The smallest absolute Gasteiger partial charge is 0.212 e. The highest BCUT2D eigenvalue weighted by Gasteiger charge is 2.19. The van der Waals surface area contributed by atoms with E-state index in [9.17, 15) is 4.79 Å². The molecule has 1 aromatic carbocycles. The highest BCUT2D eigenvalue weighted by Crippen LogP contribution is 2.26. The van der Waals surface area contributed by atoms with Crippen molar-refractivity contribution in [2.45, 2.75) is 13.0 Å². The minimum Gasteiger partial charge on any atom is -0.480 e. The number of ketones is 1. The van der Waals surface area contributed by atoms with Crippen LogP contribution in [0.1, 0.15) is 16.6 Å². The molecule has 3 rings (SSSR count). The van der Waals surface area contributed by atoms with Crippen molar-refractivity contribution in [2.24, 2.45) is 0 Å². The lowest BCUT2D eigenvalue weighted by atomic mass is 10.2. The number of carbonyl (C=O) groups is 1. The maximum atomic E-state index is 12.3. The van der Waals surface area contributed by atoms with Crippen molar-refractivity contribution in [3.8, 4) is 5.75 Å². The lowest BCUT2D eigenvalue weighted by molar-refractivity contribution is 0.0824. The monoisotopic (exact) mass is 317 g/mol. The third-order valence-electron chi connectivity index (χ3n) is 3.08. The maximum absolute atomic E-state index is 12.3. The van der Waals surface area contributed by atoms with Crippen molar-refractivity contribution in [2.75, 3.05) is 0 Å². The van der Waals surface area contributed by atoms with Gasteiger partial charge in [0.2, 0.25) is 5.78 Å². The Kier molecular flexibility index (Phi) is 3.90. The van der Waals surface area contributed by atoms with E-state index in [2.05, 4.69) is 4.98 Å². The van der Waals surface area contributed by atoms with Crippen molar-refractivity contribution < 1.29 is 9.53 Å². The van der Waals surface area contributed by atoms with Crippen LogP contribution in [-0.4, -0.2) is 16.9 Å². The second kappa shape index (κ2) is 5.84. The Morgan fingerprint density at radius 1 is 1.24 bits per heavy atom. The predicted molar refractivity (Wildman–Crippen MR) is 85.5 cm³/mol. The van der Waals surface area contributed by atoms with Crippen LogP contribution in [0.25, 0.3) is 10.9 Å². The van der Waals surface area contributed by atoms with Crippen LogP contribution in [0, 0.1) is 0 Å². The first-order valence-corrected chi connectivity index (χ1v) is 7.64. The second-order valence-corrected chi connectivity index (χ2v) is 6.27. The first-order valence-electron chi connectivity index (χ1n) is 6.45. The molecule has 0 saturated heterocycles. The largest absolute Gasteiger partial charge is 0.480 e. The quantitative estimate of drug-likeness (QED) is 0.660. The first kappa shape index (κ1) is 14.0. The number of halogens is 1. The molecule has 0 aliphatic carbocycles. The third kappa shape index (κ3) is 2.91. The fourth-order valence-electron chi connectivity index (χ4n) is 2.06. The fourth-order valence-corrected chi connectivity index (χ4v) is 3.12. The van der Waals surface area contributed by atoms with Gasteiger partial charge in [0.05, 0.1) is 9.21 Å². The van der Waals surface area contributed by atoms with Crippen molar-refractivity contribution in [3.05, 3.63) is 57.9 Å². The van der Waals surface area contributed by atoms with Gasteiger partial charge in [0.1, 0.15) is 11.3 Å². The highest BCUT2D eigenvalue weighted by atomic mass is 35.5. The lowest BCUT2D eigenvalue weighted by Gasteiger charge is -2.14. The number of rotatable bonds is 4. The van der Waals surface area contributed by atoms with Gasteiger partial charge in [-0.1, -0.05) is 29.8 Å². The van der Waals surface area contributed by atoms with Crippen LogP contribution < -0.4 is 4.74 Å². The van der Waals surface area contributed by atoms with Crippen LogP contribution in [0.3, 0.4) is 0 Å². The van der Waals surface area contributed by atoms with Crippen molar-refractivity contribution >= 4 is 39.6 Å². The molecule has 1 atom stereocenters. The van der Waals surface area contributed by atoms with Crippen LogP contribution in [0.5, 0.6) is 5.75 Å². The van der Waals surface area contributed by atoms with Crippen molar-refractivity contribution in [3.63, 3.8) is 0 Å². The van der Waals surface area contributed by atoms with Gasteiger partial charge < -0.3 is 4.74 Å². The second-order valence-electron chi connectivity index (χ2n) is 4.56. The summed E-state index contributed by atoms with van der Waals surface area (Å²) in [5, 5.41) is 0.980. The third-order valence-corrected chi connectivity index (χ3v) is 4.33. The molecule has 106 valence electrons. The van der Waals surface area contributed by atoms with Gasteiger partial charge in [-0.2, -0.15) is 0 Å². The summed E-state index contributed by atoms with van der Waals surface area (Å²) in [6.07, 6.45) is 1.12. The molecule has 0 aliphatic rings. The molecule has 0 radical (unpaired) electrons. The van der Waals surface area contributed by atoms with E-state index in [4.69, 9.17) is 16.3 Å². The van der Waals surface area contributed by atoms with E-state index in [1.54, 1.807) is 25.3 Å². The maximum Gasteiger partial charge on any atom is 0.212 e. The minimum atomic E-state index is -0.590. The van der Waals surface area contributed by atoms with Gasteiger partial charge >= 0.3 is 0 Å². The molecule has 0 N–H and O–H groups in total. The van der Waals surface area contributed by atoms with Gasteiger partial charge in [0.25, 0.3) is 0 Å². The molecule has 2 heterocycles. The standard InChI is InChI=1S/C16H12ClNO2S/c1-10(16(19)13-7-8-14(17)21-13)20-12-6-2-4-11-5-3-9-18-15(11)12/h2-10H,1H3.